The second-order valence-electron chi connectivity index (χ2n) is 6.33. The molecule has 1 aromatic heterocycles. The monoisotopic (exact) mass is 454 g/mol. The van der Waals surface area contributed by atoms with Gasteiger partial charge in [0, 0.05) is 22.8 Å². The third-order valence-corrected chi connectivity index (χ3v) is 4.88. The molecule has 0 saturated carbocycles. The first-order chi connectivity index (χ1) is 14.0. The van der Waals surface area contributed by atoms with E-state index in [1.54, 1.807) is 42.5 Å². The highest BCUT2D eigenvalue weighted by atomic mass is 79.9. The summed E-state index contributed by atoms with van der Waals surface area (Å²) in [5.74, 6) is -0.366. The number of halogens is 1. The van der Waals surface area contributed by atoms with Crippen LogP contribution in [0.25, 0.3) is 11.0 Å². The zero-order chi connectivity index (χ0) is 20.5. The number of hydrogen-bond acceptors (Lipinski definition) is 5. The van der Waals surface area contributed by atoms with Gasteiger partial charge in [0.05, 0.1) is 11.1 Å². The highest BCUT2D eigenvalue weighted by molar-refractivity contribution is 9.10. The fourth-order valence-corrected chi connectivity index (χ4v) is 3.38. The summed E-state index contributed by atoms with van der Waals surface area (Å²) in [7, 11) is 0. The molecule has 0 radical (unpaired) electrons. The number of carbonyl (C=O) groups excluding carboxylic acids is 2. The Balaban J connectivity index is 1.65. The predicted octanol–water partition coefficient (Wildman–Crippen LogP) is 3.72. The quantitative estimate of drug-likeness (QED) is 0.606. The van der Waals surface area contributed by atoms with E-state index in [4.69, 9.17) is 9.15 Å². The van der Waals surface area contributed by atoms with Crippen LogP contribution >= 0.6 is 15.9 Å². The summed E-state index contributed by atoms with van der Waals surface area (Å²) in [4.78, 5) is 38.6. The maximum atomic E-state index is 12.7. The minimum Gasteiger partial charge on any atom is -0.482 e. The Bertz CT molecular complexity index is 1220. The van der Waals surface area contributed by atoms with Gasteiger partial charge in [0.2, 0.25) is 0 Å². The third-order valence-electron chi connectivity index (χ3n) is 4.39. The maximum absolute atomic E-state index is 12.7. The molecule has 4 rings (SSSR count). The Morgan fingerprint density at radius 2 is 2.03 bits per heavy atom. The molecule has 3 aromatic rings. The number of nitrogens with one attached hydrogen (secondary N) is 1. The smallest absolute Gasteiger partial charge is 0.291 e. The SMILES string of the molecule is C=CCN1C(=O)COc2ccc(NC(=O)c3cc(=O)c4ccc(Br)cc4o3)cc21. The van der Waals surface area contributed by atoms with Crippen molar-refractivity contribution in [3.05, 3.63) is 75.6 Å². The van der Waals surface area contributed by atoms with Crippen molar-refractivity contribution < 1.29 is 18.7 Å². The Hall–Kier alpha value is -3.39. The van der Waals surface area contributed by atoms with Crippen LogP contribution in [0.15, 0.2) is 68.8 Å². The molecule has 0 fully saturated rings. The van der Waals surface area contributed by atoms with Crippen molar-refractivity contribution in [3.8, 4) is 5.75 Å². The average molecular weight is 455 g/mol. The van der Waals surface area contributed by atoms with Crippen LogP contribution in [0.2, 0.25) is 0 Å². The van der Waals surface area contributed by atoms with Gasteiger partial charge in [-0.25, -0.2) is 0 Å². The molecule has 0 bridgehead atoms. The lowest BCUT2D eigenvalue weighted by Crippen LogP contribution is -2.38. The van der Waals surface area contributed by atoms with Crippen molar-refractivity contribution in [2.45, 2.75) is 0 Å². The summed E-state index contributed by atoms with van der Waals surface area (Å²) in [5.41, 5.74) is 0.949. The largest absolute Gasteiger partial charge is 0.482 e. The molecule has 1 aliphatic rings. The normalized spacial score (nSPS) is 13.0. The van der Waals surface area contributed by atoms with E-state index in [2.05, 4.69) is 27.8 Å². The fraction of sp³-hybridized carbons (Fsp3) is 0.0952. The molecule has 8 heteroatoms. The molecule has 2 aromatic carbocycles. The summed E-state index contributed by atoms with van der Waals surface area (Å²) in [6, 6.07) is 11.1. The Morgan fingerprint density at radius 1 is 1.21 bits per heavy atom. The minimum absolute atomic E-state index is 0.0512. The lowest BCUT2D eigenvalue weighted by atomic mass is 10.2. The van der Waals surface area contributed by atoms with E-state index in [-0.39, 0.29) is 23.7 Å². The van der Waals surface area contributed by atoms with E-state index in [0.29, 0.717) is 34.6 Å². The first-order valence-corrected chi connectivity index (χ1v) is 9.48. The van der Waals surface area contributed by atoms with Gasteiger partial charge in [-0.15, -0.1) is 6.58 Å². The van der Waals surface area contributed by atoms with Crippen LogP contribution in [0, 0.1) is 0 Å². The molecule has 2 amide bonds. The van der Waals surface area contributed by atoms with Crippen LogP contribution < -0.4 is 20.4 Å². The van der Waals surface area contributed by atoms with Crippen molar-refractivity contribution in [2.75, 3.05) is 23.4 Å². The van der Waals surface area contributed by atoms with Crippen LogP contribution in [0.3, 0.4) is 0 Å². The molecule has 0 atom stereocenters. The standard InChI is InChI=1S/C21H15BrN2O5/c1-2-7-24-15-9-13(4-6-17(15)28-11-20(24)26)23-21(27)19-10-16(25)14-5-3-12(22)8-18(14)29-19/h2-6,8-10H,1,7,11H2,(H,23,27). The Kier molecular flexibility index (Phi) is 4.94. The van der Waals surface area contributed by atoms with Crippen molar-refractivity contribution in [2.24, 2.45) is 0 Å². The van der Waals surface area contributed by atoms with E-state index < -0.39 is 5.91 Å². The lowest BCUT2D eigenvalue weighted by molar-refractivity contribution is -0.121. The molecule has 29 heavy (non-hydrogen) atoms. The fourth-order valence-electron chi connectivity index (χ4n) is 3.04. The predicted molar refractivity (Wildman–Crippen MR) is 113 cm³/mol. The Labute approximate surface area is 173 Å². The summed E-state index contributed by atoms with van der Waals surface area (Å²) in [6.07, 6.45) is 1.61. The van der Waals surface area contributed by atoms with Crippen molar-refractivity contribution in [1.29, 1.82) is 0 Å². The van der Waals surface area contributed by atoms with Gasteiger partial charge in [0.1, 0.15) is 11.3 Å². The van der Waals surface area contributed by atoms with E-state index in [1.165, 1.54) is 4.90 Å². The van der Waals surface area contributed by atoms with Crippen LogP contribution in [-0.4, -0.2) is 25.0 Å². The van der Waals surface area contributed by atoms with E-state index in [9.17, 15) is 14.4 Å². The van der Waals surface area contributed by atoms with Crippen LogP contribution in [0.4, 0.5) is 11.4 Å². The van der Waals surface area contributed by atoms with Gasteiger partial charge in [0.15, 0.2) is 17.8 Å². The van der Waals surface area contributed by atoms with Gasteiger partial charge in [-0.1, -0.05) is 22.0 Å². The first kappa shape index (κ1) is 18.9. The van der Waals surface area contributed by atoms with Crippen LogP contribution in [0.1, 0.15) is 10.6 Å². The Morgan fingerprint density at radius 3 is 2.83 bits per heavy atom. The average Bonchev–Trinajstić information content (AvgIpc) is 2.70. The molecule has 146 valence electrons. The van der Waals surface area contributed by atoms with Crippen LogP contribution in [-0.2, 0) is 4.79 Å². The molecule has 0 spiro atoms. The summed E-state index contributed by atoms with van der Waals surface area (Å²) in [5, 5.41) is 3.07. The number of amides is 2. The van der Waals surface area contributed by atoms with Gasteiger partial charge in [0.25, 0.3) is 11.8 Å². The topological polar surface area (TPSA) is 88.9 Å². The van der Waals surface area contributed by atoms with Gasteiger partial charge in [-0.2, -0.15) is 0 Å². The molecule has 1 N–H and O–H groups in total. The lowest BCUT2D eigenvalue weighted by Gasteiger charge is -2.28. The van der Waals surface area contributed by atoms with E-state index in [0.717, 1.165) is 10.5 Å². The number of nitrogens with zero attached hydrogens (tertiary/aromatic N) is 1. The van der Waals surface area contributed by atoms with Gasteiger partial charge in [-0.05, 0) is 36.4 Å². The number of benzene rings is 2. The molecule has 2 heterocycles. The minimum atomic E-state index is -0.581. The number of rotatable bonds is 4. The highest BCUT2D eigenvalue weighted by Crippen LogP contribution is 2.34. The van der Waals surface area contributed by atoms with Gasteiger partial charge in [-0.3, -0.25) is 14.4 Å². The van der Waals surface area contributed by atoms with Crippen molar-refractivity contribution in [1.82, 2.24) is 0 Å². The first-order valence-electron chi connectivity index (χ1n) is 8.69. The highest BCUT2D eigenvalue weighted by Gasteiger charge is 2.25. The second kappa shape index (κ2) is 7.56. The van der Waals surface area contributed by atoms with E-state index in [1.807, 2.05) is 0 Å². The zero-order valence-corrected chi connectivity index (χ0v) is 16.7. The van der Waals surface area contributed by atoms with E-state index >= 15 is 0 Å². The number of ether oxygens (including phenoxy) is 1. The molecular weight excluding hydrogens is 440 g/mol. The molecule has 7 nitrogen and oxygen atoms in total. The molecule has 0 saturated heterocycles. The molecular formula is C21H15BrN2O5. The summed E-state index contributed by atoms with van der Waals surface area (Å²) < 4.78 is 11.8. The summed E-state index contributed by atoms with van der Waals surface area (Å²) >= 11 is 3.32. The number of anilines is 2. The summed E-state index contributed by atoms with van der Waals surface area (Å²) in [6.45, 7) is 3.93. The molecule has 1 aliphatic heterocycles. The number of hydrogen-bond donors (Lipinski definition) is 1. The van der Waals surface area contributed by atoms with Crippen molar-refractivity contribution in [3.63, 3.8) is 0 Å². The maximum Gasteiger partial charge on any atom is 0.291 e. The number of carbonyl (C=O) groups is 2. The van der Waals surface area contributed by atoms with Crippen molar-refractivity contribution >= 4 is 50.1 Å². The van der Waals surface area contributed by atoms with Crippen LogP contribution in [0.5, 0.6) is 5.75 Å². The second-order valence-corrected chi connectivity index (χ2v) is 7.25. The molecule has 0 unspecified atom stereocenters. The molecule has 0 aliphatic carbocycles. The number of fused-ring (bicyclic) bond motifs is 2. The third kappa shape index (κ3) is 3.66. The van der Waals surface area contributed by atoms with Gasteiger partial charge >= 0.3 is 0 Å². The van der Waals surface area contributed by atoms with Gasteiger partial charge < -0.3 is 19.4 Å². The zero-order valence-electron chi connectivity index (χ0n) is 15.1.